The van der Waals surface area contributed by atoms with Crippen molar-refractivity contribution in [2.24, 2.45) is 0 Å². The molecule has 0 bridgehead atoms. The maximum absolute atomic E-state index is 12.3. The van der Waals surface area contributed by atoms with E-state index in [9.17, 15) is 8.42 Å². The number of rotatable bonds is 3. The predicted octanol–water partition coefficient (Wildman–Crippen LogP) is 3.26. The number of hydrogen-bond acceptors (Lipinski definition) is 2. The van der Waals surface area contributed by atoms with Crippen LogP contribution in [-0.4, -0.2) is 25.0 Å². The molecule has 0 spiro atoms. The van der Waals surface area contributed by atoms with Crippen LogP contribution in [0.1, 0.15) is 49.8 Å². The van der Waals surface area contributed by atoms with Crippen molar-refractivity contribution >= 4 is 10.0 Å². The van der Waals surface area contributed by atoms with Gasteiger partial charge in [0.25, 0.3) is 0 Å². The molecule has 2 rings (SSSR count). The summed E-state index contributed by atoms with van der Waals surface area (Å²) in [6.07, 6.45) is 4.14. The van der Waals surface area contributed by atoms with E-state index in [1.54, 1.807) is 11.2 Å². The van der Waals surface area contributed by atoms with E-state index in [2.05, 4.69) is 25.1 Å². The van der Waals surface area contributed by atoms with Crippen LogP contribution in [0.25, 0.3) is 0 Å². The quantitative estimate of drug-likeness (QED) is 0.853. The van der Waals surface area contributed by atoms with Crippen LogP contribution in [0.3, 0.4) is 0 Å². The summed E-state index contributed by atoms with van der Waals surface area (Å²) in [4.78, 5) is 0. The lowest BCUT2D eigenvalue weighted by Gasteiger charge is -2.29. The Morgan fingerprint density at radius 3 is 2.74 bits per heavy atom. The Morgan fingerprint density at radius 2 is 2.05 bits per heavy atom. The van der Waals surface area contributed by atoms with Crippen molar-refractivity contribution in [3.05, 3.63) is 35.4 Å². The summed E-state index contributed by atoms with van der Waals surface area (Å²) in [6, 6.07) is 8.27. The topological polar surface area (TPSA) is 37.4 Å². The fourth-order valence-corrected chi connectivity index (χ4v) is 4.14. The third-order valence-corrected chi connectivity index (χ3v) is 5.73. The molecule has 3 nitrogen and oxygen atoms in total. The number of aryl methyl sites for hydroxylation is 1. The first-order chi connectivity index (χ1) is 9.04. The van der Waals surface area contributed by atoms with Gasteiger partial charge in [0, 0.05) is 12.6 Å². The molecule has 1 heterocycles. The third-order valence-electron chi connectivity index (χ3n) is 3.85. The molecular weight excluding hydrogens is 258 g/mol. The van der Waals surface area contributed by atoms with E-state index in [1.807, 2.05) is 6.07 Å². The average Bonchev–Trinajstić information content (AvgIpc) is 2.64. The minimum Gasteiger partial charge on any atom is -0.212 e. The zero-order valence-electron chi connectivity index (χ0n) is 11.8. The van der Waals surface area contributed by atoms with Crippen molar-refractivity contribution in [3.8, 4) is 0 Å². The first-order valence-corrected chi connectivity index (χ1v) is 8.71. The molecule has 1 aromatic rings. The summed E-state index contributed by atoms with van der Waals surface area (Å²) < 4.78 is 26.3. The minimum atomic E-state index is -3.12. The van der Waals surface area contributed by atoms with Gasteiger partial charge in [-0.15, -0.1) is 0 Å². The van der Waals surface area contributed by atoms with Crippen LogP contribution in [0.2, 0.25) is 0 Å². The summed E-state index contributed by atoms with van der Waals surface area (Å²) in [6.45, 7) is 4.45. The molecule has 0 N–H and O–H groups in total. The molecule has 0 aromatic heterocycles. The number of benzene rings is 1. The van der Waals surface area contributed by atoms with E-state index in [4.69, 9.17) is 0 Å². The van der Waals surface area contributed by atoms with Crippen molar-refractivity contribution in [1.82, 2.24) is 4.31 Å². The second kappa shape index (κ2) is 6.06. The monoisotopic (exact) mass is 281 g/mol. The first kappa shape index (κ1) is 14.5. The van der Waals surface area contributed by atoms with Crippen LogP contribution in [0.5, 0.6) is 0 Å². The van der Waals surface area contributed by atoms with Gasteiger partial charge in [-0.2, -0.15) is 4.31 Å². The van der Waals surface area contributed by atoms with Gasteiger partial charge >= 0.3 is 0 Å². The highest BCUT2D eigenvalue weighted by molar-refractivity contribution is 7.89. The van der Waals surface area contributed by atoms with Gasteiger partial charge < -0.3 is 0 Å². The Bertz CT molecular complexity index is 525. The van der Waals surface area contributed by atoms with Crippen molar-refractivity contribution in [3.63, 3.8) is 0 Å². The van der Waals surface area contributed by atoms with Crippen LogP contribution in [0, 0.1) is 6.92 Å². The Hall–Kier alpha value is -0.870. The van der Waals surface area contributed by atoms with Crippen molar-refractivity contribution in [2.45, 2.75) is 45.6 Å². The number of nitrogens with zero attached hydrogens (tertiary/aromatic N) is 1. The molecule has 19 heavy (non-hydrogen) atoms. The van der Waals surface area contributed by atoms with E-state index in [-0.39, 0.29) is 11.8 Å². The van der Waals surface area contributed by atoms with E-state index in [0.29, 0.717) is 6.54 Å². The maximum atomic E-state index is 12.3. The van der Waals surface area contributed by atoms with Gasteiger partial charge in [-0.05, 0) is 32.3 Å². The number of sulfonamides is 1. The molecule has 1 aliphatic heterocycles. The molecular formula is C15H23NO2S. The highest BCUT2D eigenvalue weighted by atomic mass is 32.2. The second-order valence-corrected chi connectivity index (χ2v) is 7.50. The first-order valence-electron chi connectivity index (χ1n) is 7.10. The van der Waals surface area contributed by atoms with Crippen molar-refractivity contribution < 1.29 is 8.42 Å². The molecule has 0 amide bonds. The smallest absolute Gasteiger partial charge is 0.212 e. The molecule has 1 fully saturated rings. The lowest BCUT2D eigenvalue weighted by Crippen LogP contribution is -2.35. The molecule has 1 atom stereocenters. The maximum Gasteiger partial charge on any atom is 0.214 e. The molecule has 0 unspecified atom stereocenters. The molecule has 1 aliphatic rings. The molecule has 1 saturated heterocycles. The molecule has 0 saturated carbocycles. The largest absolute Gasteiger partial charge is 0.214 e. The van der Waals surface area contributed by atoms with E-state index >= 15 is 0 Å². The van der Waals surface area contributed by atoms with Gasteiger partial charge in [-0.1, -0.05) is 42.7 Å². The van der Waals surface area contributed by atoms with E-state index in [1.165, 1.54) is 5.56 Å². The van der Waals surface area contributed by atoms with Crippen LogP contribution in [-0.2, 0) is 10.0 Å². The Morgan fingerprint density at radius 1 is 1.26 bits per heavy atom. The summed E-state index contributed by atoms with van der Waals surface area (Å²) in [5, 5.41) is 0. The Labute approximate surface area is 116 Å². The van der Waals surface area contributed by atoms with Crippen molar-refractivity contribution in [1.29, 1.82) is 0 Å². The second-order valence-electron chi connectivity index (χ2n) is 5.29. The predicted molar refractivity (Wildman–Crippen MR) is 78.6 cm³/mol. The average molecular weight is 281 g/mol. The number of hydrogen-bond donors (Lipinski definition) is 0. The van der Waals surface area contributed by atoms with E-state index < -0.39 is 10.0 Å². The van der Waals surface area contributed by atoms with Crippen LogP contribution < -0.4 is 0 Å². The van der Waals surface area contributed by atoms with Gasteiger partial charge in [-0.25, -0.2) is 8.42 Å². The fraction of sp³-hybridized carbons (Fsp3) is 0.600. The van der Waals surface area contributed by atoms with Crippen molar-refractivity contribution in [2.75, 3.05) is 12.3 Å². The standard InChI is InChI=1S/C15H23NO2S/c1-3-19(17,18)16-11-6-4-5-10-15(16)14-9-7-8-13(2)12-14/h7-9,12,15H,3-6,10-11H2,1-2H3/t15-/m1/s1. The lowest BCUT2D eigenvalue weighted by molar-refractivity contribution is 0.329. The lowest BCUT2D eigenvalue weighted by atomic mass is 10.0. The molecule has 0 radical (unpaired) electrons. The normalized spacial score (nSPS) is 22.1. The van der Waals surface area contributed by atoms with Crippen LogP contribution in [0.15, 0.2) is 24.3 Å². The highest BCUT2D eigenvalue weighted by Gasteiger charge is 2.30. The van der Waals surface area contributed by atoms with Gasteiger partial charge in [0.1, 0.15) is 0 Å². The zero-order valence-corrected chi connectivity index (χ0v) is 12.6. The molecule has 0 aliphatic carbocycles. The van der Waals surface area contributed by atoms with Gasteiger partial charge in [0.2, 0.25) is 10.0 Å². The Kier molecular flexibility index (Phi) is 4.63. The minimum absolute atomic E-state index is 0.0207. The fourth-order valence-electron chi connectivity index (χ4n) is 2.79. The van der Waals surface area contributed by atoms with Gasteiger partial charge in [0.05, 0.1) is 5.75 Å². The Balaban J connectivity index is 2.38. The molecule has 106 valence electrons. The zero-order chi connectivity index (χ0) is 13.9. The molecule has 4 heteroatoms. The van der Waals surface area contributed by atoms with Crippen LogP contribution in [0.4, 0.5) is 0 Å². The molecule has 1 aromatic carbocycles. The van der Waals surface area contributed by atoms with E-state index in [0.717, 1.165) is 31.2 Å². The SMILES string of the molecule is CCS(=O)(=O)N1CCCCC[C@@H]1c1cccc(C)c1. The van der Waals surface area contributed by atoms with Gasteiger partial charge in [0.15, 0.2) is 0 Å². The summed E-state index contributed by atoms with van der Waals surface area (Å²) >= 11 is 0. The summed E-state index contributed by atoms with van der Waals surface area (Å²) in [7, 11) is -3.12. The van der Waals surface area contributed by atoms with Gasteiger partial charge in [-0.3, -0.25) is 0 Å². The third kappa shape index (κ3) is 3.37. The van der Waals surface area contributed by atoms with Crippen LogP contribution >= 0.6 is 0 Å². The summed E-state index contributed by atoms with van der Waals surface area (Å²) in [5.41, 5.74) is 2.33. The summed E-state index contributed by atoms with van der Waals surface area (Å²) in [5.74, 6) is 0.190. The highest BCUT2D eigenvalue weighted by Crippen LogP contribution is 2.32.